The van der Waals surface area contributed by atoms with Gasteiger partial charge in [-0.05, 0) is 46.0 Å². The lowest BCUT2D eigenvalue weighted by Crippen LogP contribution is -2.26. The van der Waals surface area contributed by atoms with E-state index < -0.39 is 11.4 Å². The molecule has 15 heavy (non-hydrogen) atoms. The second-order valence-corrected chi connectivity index (χ2v) is 4.99. The van der Waals surface area contributed by atoms with E-state index in [1.807, 2.05) is 6.92 Å². The number of hydrogen-bond acceptors (Lipinski definition) is 4. The molecule has 0 spiro atoms. The van der Waals surface area contributed by atoms with Crippen molar-refractivity contribution in [2.75, 3.05) is 0 Å². The maximum atomic E-state index is 11.1. The average Bonchev–Trinajstić information content (AvgIpc) is 2.12. The zero-order valence-corrected chi connectivity index (χ0v) is 9.99. The Kier molecular flexibility index (Phi) is 5.83. The smallest absolute Gasteiger partial charge is 0.347 e. The van der Waals surface area contributed by atoms with Crippen molar-refractivity contribution < 1.29 is 20.0 Å². The van der Waals surface area contributed by atoms with Crippen LogP contribution in [0.15, 0.2) is 0 Å². The molecule has 4 heteroatoms. The summed E-state index contributed by atoms with van der Waals surface area (Å²) in [6.07, 6.45) is 1.88. The molecule has 2 unspecified atom stereocenters. The predicted molar refractivity (Wildman–Crippen MR) is 57.2 cm³/mol. The molecule has 0 aliphatic carbocycles. The Morgan fingerprint density at radius 3 is 2.33 bits per heavy atom. The first kappa shape index (κ1) is 14.4. The number of aliphatic hydroxyl groups is 1. The molecule has 0 aromatic carbocycles. The second-order valence-electron chi connectivity index (χ2n) is 4.99. The summed E-state index contributed by atoms with van der Waals surface area (Å²) in [6, 6.07) is 0. The first-order valence-electron chi connectivity index (χ1n) is 5.33. The molecule has 4 nitrogen and oxygen atoms in total. The van der Waals surface area contributed by atoms with Gasteiger partial charge in [0.05, 0.1) is 11.5 Å². The van der Waals surface area contributed by atoms with Crippen molar-refractivity contribution >= 4 is 5.97 Å². The number of rotatable bonds is 6. The second kappa shape index (κ2) is 6.08. The molecule has 0 amide bonds. The third kappa shape index (κ3) is 5.74. The first-order chi connectivity index (χ1) is 6.79. The molecule has 90 valence electrons. The quantitative estimate of drug-likeness (QED) is 0.530. The monoisotopic (exact) mass is 218 g/mol. The van der Waals surface area contributed by atoms with Crippen molar-refractivity contribution in [2.45, 2.75) is 53.1 Å². The molecule has 2 atom stereocenters. The van der Waals surface area contributed by atoms with Gasteiger partial charge in [-0.2, -0.15) is 5.26 Å². The highest BCUT2D eigenvalue weighted by Crippen LogP contribution is 2.27. The maximum absolute atomic E-state index is 11.1. The van der Waals surface area contributed by atoms with Gasteiger partial charge in [0.15, 0.2) is 0 Å². The number of hydrogen-bond donors (Lipinski definition) is 2. The van der Waals surface area contributed by atoms with Crippen LogP contribution >= 0.6 is 0 Å². The average molecular weight is 218 g/mol. The Hall–Kier alpha value is -0.610. The van der Waals surface area contributed by atoms with Gasteiger partial charge in [-0.1, -0.05) is 6.92 Å². The Morgan fingerprint density at radius 2 is 1.93 bits per heavy atom. The minimum Gasteiger partial charge on any atom is -0.393 e. The molecule has 0 rings (SSSR count). The highest BCUT2D eigenvalue weighted by molar-refractivity contribution is 5.75. The highest BCUT2D eigenvalue weighted by atomic mass is 17.1. The molecule has 0 fully saturated rings. The first-order valence-corrected chi connectivity index (χ1v) is 5.33. The fourth-order valence-corrected chi connectivity index (χ4v) is 1.53. The van der Waals surface area contributed by atoms with Crippen molar-refractivity contribution in [3.05, 3.63) is 0 Å². The summed E-state index contributed by atoms with van der Waals surface area (Å²) < 4.78 is 0. The van der Waals surface area contributed by atoms with Crippen LogP contribution in [-0.4, -0.2) is 22.4 Å². The lowest BCUT2D eigenvalue weighted by Gasteiger charge is -2.22. The van der Waals surface area contributed by atoms with E-state index in [0.717, 1.165) is 12.8 Å². The summed E-state index contributed by atoms with van der Waals surface area (Å²) in [4.78, 5) is 14.9. The van der Waals surface area contributed by atoms with Gasteiger partial charge in [-0.15, -0.1) is 0 Å². The molecule has 0 saturated heterocycles. The van der Waals surface area contributed by atoms with E-state index in [0.29, 0.717) is 12.3 Å². The Morgan fingerprint density at radius 1 is 1.40 bits per heavy atom. The van der Waals surface area contributed by atoms with Crippen molar-refractivity contribution in [3.8, 4) is 0 Å². The molecule has 2 N–H and O–H groups in total. The Bertz CT molecular complexity index is 199. The minimum absolute atomic E-state index is 0.312. The van der Waals surface area contributed by atoms with E-state index in [9.17, 15) is 9.90 Å². The van der Waals surface area contributed by atoms with E-state index >= 15 is 0 Å². The molecule has 0 radical (unpaired) electrons. The van der Waals surface area contributed by atoms with Gasteiger partial charge in [0.25, 0.3) is 0 Å². The summed E-state index contributed by atoms with van der Waals surface area (Å²) in [5.74, 6) is -0.248. The van der Waals surface area contributed by atoms with Crippen molar-refractivity contribution in [2.24, 2.45) is 11.3 Å². The molecule has 0 bridgehead atoms. The SMILES string of the molecule is CC(O)CC(C)CCC(C)(C)C(=O)OO. The lowest BCUT2D eigenvalue weighted by molar-refractivity contribution is -0.244. The number of aliphatic hydroxyl groups excluding tert-OH is 1. The molecule has 0 saturated carbocycles. The van der Waals surface area contributed by atoms with E-state index in [2.05, 4.69) is 4.89 Å². The number of carbonyl (C=O) groups is 1. The Labute approximate surface area is 91.2 Å². The Balaban J connectivity index is 3.98. The van der Waals surface area contributed by atoms with Gasteiger partial charge in [-0.3, -0.25) is 0 Å². The standard InChI is InChI=1S/C11H22O4/c1-8(7-9(2)12)5-6-11(3,4)10(13)15-14/h8-9,12,14H,5-7H2,1-4H3. The van der Waals surface area contributed by atoms with Crippen molar-refractivity contribution in [1.29, 1.82) is 0 Å². The van der Waals surface area contributed by atoms with E-state index in [1.54, 1.807) is 20.8 Å². The fraction of sp³-hybridized carbons (Fsp3) is 0.909. The van der Waals surface area contributed by atoms with Gasteiger partial charge in [0.1, 0.15) is 0 Å². The molecule has 0 aromatic rings. The third-order valence-corrected chi connectivity index (χ3v) is 2.64. The zero-order valence-electron chi connectivity index (χ0n) is 9.99. The van der Waals surface area contributed by atoms with Crippen LogP contribution in [0.1, 0.15) is 47.0 Å². The van der Waals surface area contributed by atoms with E-state index in [4.69, 9.17) is 5.26 Å². The molecule has 0 aliphatic heterocycles. The van der Waals surface area contributed by atoms with Crippen molar-refractivity contribution in [1.82, 2.24) is 0 Å². The summed E-state index contributed by atoms with van der Waals surface area (Å²) in [5, 5.41) is 17.5. The van der Waals surface area contributed by atoms with Crippen LogP contribution in [-0.2, 0) is 9.68 Å². The minimum atomic E-state index is -0.665. The van der Waals surface area contributed by atoms with Crippen LogP contribution in [0.4, 0.5) is 0 Å². The maximum Gasteiger partial charge on any atom is 0.347 e. The van der Waals surface area contributed by atoms with Crippen LogP contribution in [0.2, 0.25) is 0 Å². The van der Waals surface area contributed by atoms with E-state index in [-0.39, 0.29) is 6.10 Å². The van der Waals surface area contributed by atoms with Gasteiger partial charge >= 0.3 is 5.97 Å². The lowest BCUT2D eigenvalue weighted by atomic mass is 9.84. The summed E-state index contributed by atoms with van der Waals surface area (Å²) >= 11 is 0. The van der Waals surface area contributed by atoms with Gasteiger partial charge in [-0.25, -0.2) is 4.79 Å². The predicted octanol–water partition coefficient (Wildman–Crippen LogP) is 2.22. The summed E-state index contributed by atoms with van der Waals surface area (Å²) in [6.45, 7) is 7.26. The van der Waals surface area contributed by atoms with Crippen LogP contribution < -0.4 is 0 Å². The van der Waals surface area contributed by atoms with Crippen LogP contribution in [0.3, 0.4) is 0 Å². The van der Waals surface area contributed by atoms with Crippen LogP contribution in [0, 0.1) is 11.3 Å². The molecule has 0 heterocycles. The zero-order chi connectivity index (χ0) is 12.1. The molecular weight excluding hydrogens is 196 g/mol. The van der Waals surface area contributed by atoms with Crippen molar-refractivity contribution in [3.63, 3.8) is 0 Å². The van der Waals surface area contributed by atoms with Gasteiger partial charge < -0.3 is 9.99 Å². The fourth-order valence-electron chi connectivity index (χ4n) is 1.53. The summed E-state index contributed by atoms with van der Waals surface area (Å²) in [5.41, 5.74) is -0.665. The molecule has 0 aromatic heterocycles. The normalized spacial score (nSPS) is 15.9. The molecule has 0 aliphatic rings. The topological polar surface area (TPSA) is 66.8 Å². The highest BCUT2D eigenvalue weighted by Gasteiger charge is 2.30. The van der Waals surface area contributed by atoms with Gasteiger partial charge in [0.2, 0.25) is 0 Å². The third-order valence-electron chi connectivity index (χ3n) is 2.64. The number of carbonyl (C=O) groups excluding carboxylic acids is 1. The largest absolute Gasteiger partial charge is 0.393 e. The van der Waals surface area contributed by atoms with E-state index in [1.165, 1.54) is 0 Å². The molecular formula is C11H22O4. The van der Waals surface area contributed by atoms with Crippen LogP contribution in [0.5, 0.6) is 0 Å². The van der Waals surface area contributed by atoms with Gasteiger partial charge in [0, 0.05) is 0 Å². The van der Waals surface area contributed by atoms with Crippen LogP contribution in [0.25, 0.3) is 0 Å². The summed E-state index contributed by atoms with van der Waals surface area (Å²) in [7, 11) is 0.